The van der Waals surface area contributed by atoms with Crippen LogP contribution in [0.1, 0.15) is 47.5 Å². The first-order valence-corrected chi connectivity index (χ1v) is 5.85. The normalized spacial score (nSPS) is 17.7. The third-order valence-electron chi connectivity index (χ3n) is 3.08. The lowest BCUT2D eigenvalue weighted by molar-refractivity contribution is -0.126. The van der Waals surface area contributed by atoms with E-state index in [1.54, 1.807) is 0 Å². The quantitative estimate of drug-likeness (QED) is 0.660. The number of hydrogen-bond donors (Lipinski definition) is 3. The zero-order valence-corrected chi connectivity index (χ0v) is 11.1. The molecule has 0 aliphatic heterocycles. The third kappa shape index (κ3) is 4.49. The molecule has 0 aliphatic rings. The van der Waals surface area contributed by atoms with Gasteiger partial charge in [0.15, 0.2) is 0 Å². The summed E-state index contributed by atoms with van der Waals surface area (Å²) >= 11 is 0. The second-order valence-corrected chi connectivity index (χ2v) is 5.72. The fourth-order valence-electron chi connectivity index (χ4n) is 1.34. The van der Waals surface area contributed by atoms with Gasteiger partial charge in [-0.15, -0.1) is 0 Å². The van der Waals surface area contributed by atoms with Gasteiger partial charge in [-0.1, -0.05) is 27.7 Å². The molecule has 0 spiro atoms. The molecule has 0 rings (SSSR count). The minimum absolute atomic E-state index is 0.0649. The summed E-state index contributed by atoms with van der Waals surface area (Å²) in [5.41, 5.74) is 5.26. The van der Waals surface area contributed by atoms with Gasteiger partial charge in [0.25, 0.3) is 0 Å². The van der Waals surface area contributed by atoms with Crippen molar-refractivity contribution in [2.75, 3.05) is 6.61 Å². The first-order valence-electron chi connectivity index (χ1n) is 5.85. The first-order chi connectivity index (χ1) is 7.16. The lowest BCUT2D eigenvalue weighted by Crippen LogP contribution is -2.55. The summed E-state index contributed by atoms with van der Waals surface area (Å²) in [5, 5.41) is 11.9. The summed E-state index contributed by atoms with van der Waals surface area (Å²) in [6.45, 7) is 9.79. The zero-order chi connectivity index (χ0) is 13.0. The van der Waals surface area contributed by atoms with Crippen LogP contribution in [-0.2, 0) is 4.79 Å². The predicted molar refractivity (Wildman–Crippen MR) is 66.0 cm³/mol. The lowest BCUT2D eigenvalue weighted by Gasteiger charge is -2.33. The van der Waals surface area contributed by atoms with Crippen LogP contribution < -0.4 is 11.1 Å². The summed E-state index contributed by atoms with van der Waals surface area (Å²) in [6, 6.07) is -0.530. The van der Waals surface area contributed by atoms with E-state index >= 15 is 0 Å². The highest BCUT2D eigenvalue weighted by atomic mass is 16.3. The Bertz CT molecular complexity index is 236. The maximum absolute atomic E-state index is 11.9. The van der Waals surface area contributed by atoms with Crippen molar-refractivity contribution in [3.8, 4) is 0 Å². The molecule has 4 nitrogen and oxygen atoms in total. The average Bonchev–Trinajstić information content (AvgIpc) is 2.15. The molecule has 4 heteroatoms. The van der Waals surface area contributed by atoms with E-state index in [0.29, 0.717) is 6.42 Å². The van der Waals surface area contributed by atoms with E-state index in [2.05, 4.69) is 5.32 Å². The Labute approximate surface area is 98.6 Å². The molecule has 0 aliphatic carbocycles. The SMILES string of the molecule is CCC(C)(CCO)NC(=O)[C@H](N)C(C)(C)C. The Morgan fingerprint density at radius 2 is 1.88 bits per heavy atom. The van der Waals surface area contributed by atoms with Crippen molar-refractivity contribution in [2.24, 2.45) is 11.1 Å². The van der Waals surface area contributed by atoms with Gasteiger partial charge in [0.2, 0.25) is 5.91 Å². The van der Waals surface area contributed by atoms with E-state index in [1.807, 2.05) is 34.6 Å². The van der Waals surface area contributed by atoms with Gasteiger partial charge in [0, 0.05) is 12.1 Å². The van der Waals surface area contributed by atoms with Crippen LogP contribution in [0.4, 0.5) is 0 Å². The number of nitrogens with two attached hydrogens (primary N) is 1. The molecule has 0 saturated heterocycles. The molecule has 0 saturated carbocycles. The number of nitrogens with one attached hydrogen (secondary N) is 1. The standard InChI is InChI=1S/C12H26N2O2/c1-6-12(5,7-8-15)14-10(16)9(13)11(2,3)4/h9,15H,6-8,13H2,1-5H3,(H,14,16)/t9-,12?/m0/s1. The van der Waals surface area contributed by atoms with E-state index in [-0.39, 0.29) is 23.5 Å². The van der Waals surface area contributed by atoms with Crippen molar-refractivity contribution >= 4 is 5.91 Å². The Morgan fingerprint density at radius 3 is 2.19 bits per heavy atom. The highest BCUT2D eigenvalue weighted by molar-refractivity contribution is 5.83. The van der Waals surface area contributed by atoms with Crippen LogP contribution in [0.3, 0.4) is 0 Å². The van der Waals surface area contributed by atoms with Crippen molar-refractivity contribution < 1.29 is 9.90 Å². The minimum atomic E-state index is -0.530. The Balaban J connectivity index is 4.53. The highest BCUT2D eigenvalue weighted by Crippen LogP contribution is 2.20. The molecule has 16 heavy (non-hydrogen) atoms. The number of carbonyl (C=O) groups is 1. The molecular formula is C12H26N2O2. The fraction of sp³-hybridized carbons (Fsp3) is 0.917. The molecule has 0 aromatic carbocycles. The molecule has 2 atom stereocenters. The van der Waals surface area contributed by atoms with Crippen LogP contribution in [0.5, 0.6) is 0 Å². The van der Waals surface area contributed by atoms with Gasteiger partial charge in [0.1, 0.15) is 0 Å². The number of amides is 1. The molecular weight excluding hydrogens is 204 g/mol. The van der Waals surface area contributed by atoms with Gasteiger partial charge in [0.05, 0.1) is 6.04 Å². The number of rotatable bonds is 5. The van der Waals surface area contributed by atoms with Crippen LogP contribution in [0, 0.1) is 5.41 Å². The number of aliphatic hydroxyl groups excluding tert-OH is 1. The summed E-state index contributed by atoms with van der Waals surface area (Å²) in [7, 11) is 0. The maximum atomic E-state index is 11.9. The molecule has 0 heterocycles. The van der Waals surface area contributed by atoms with Crippen molar-refractivity contribution in [1.29, 1.82) is 0 Å². The molecule has 0 aromatic heterocycles. The average molecular weight is 230 g/mol. The smallest absolute Gasteiger partial charge is 0.237 e. The topological polar surface area (TPSA) is 75.3 Å². The molecule has 96 valence electrons. The maximum Gasteiger partial charge on any atom is 0.237 e. The van der Waals surface area contributed by atoms with Gasteiger partial charge >= 0.3 is 0 Å². The molecule has 1 amide bonds. The van der Waals surface area contributed by atoms with Crippen molar-refractivity contribution in [1.82, 2.24) is 5.32 Å². The van der Waals surface area contributed by atoms with Gasteiger partial charge in [-0.25, -0.2) is 0 Å². The van der Waals surface area contributed by atoms with Gasteiger partial charge in [-0.3, -0.25) is 4.79 Å². The van der Waals surface area contributed by atoms with Crippen LogP contribution in [0.25, 0.3) is 0 Å². The van der Waals surface area contributed by atoms with Crippen LogP contribution in [-0.4, -0.2) is 29.2 Å². The monoisotopic (exact) mass is 230 g/mol. The molecule has 0 aromatic rings. The molecule has 1 unspecified atom stereocenters. The fourth-order valence-corrected chi connectivity index (χ4v) is 1.34. The van der Waals surface area contributed by atoms with Crippen molar-refractivity contribution in [2.45, 2.75) is 59.0 Å². The van der Waals surface area contributed by atoms with Gasteiger partial charge < -0.3 is 16.2 Å². The number of hydrogen-bond acceptors (Lipinski definition) is 3. The van der Waals surface area contributed by atoms with Crippen molar-refractivity contribution in [3.05, 3.63) is 0 Å². The first kappa shape index (κ1) is 15.4. The van der Waals surface area contributed by atoms with E-state index in [9.17, 15) is 4.79 Å². The Morgan fingerprint density at radius 1 is 1.38 bits per heavy atom. The summed E-state index contributed by atoms with van der Waals surface area (Å²) in [4.78, 5) is 11.9. The largest absolute Gasteiger partial charge is 0.396 e. The van der Waals surface area contributed by atoms with E-state index < -0.39 is 6.04 Å². The Hall–Kier alpha value is -0.610. The highest BCUT2D eigenvalue weighted by Gasteiger charge is 2.32. The second kappa shape index (κ2) is 5.64. The molecule has 4 N–H and O–H groups in total. The van der Waals surface area contributed by atoms with Crippen LogP contribution in [0.15, 0.2) is 0 Å². The third-order valence-corrected chi connectivity index (χ3v) is 3.08. The van der Waals surface area contributed by atoms with Gasteiger partial charge in [-0.2, -0.15) is 0 Å². The lowest BCUT2D eigenvalue weighted by atomic mass is 9.85. The molecule has 0 radical (unpaired) electrons. The second-order valence-electron chi connectivity index (χ2n) is 5.72. The van der Waals surface area contributed by atoms with E-state index in [1.165, 1.54) is 0 Å². The molecule has 0 fully saturated rings. The number of carbonyl (C=O) groups excluding carboxylic acids is 1. The van der Waals surface area contributed by atoms with E-state index in [0.717, 1.165) is 6.42 Å². The minimum Gasteiger partial charge on any atom is -0.396 e. The summed E-state index contributed by atoms with van der Waals surface area (Å²) < 4.78 is 0. The predicted octanol–water partition coefficient (Wildman–Crippen LogP) is 1.03. The summed E-state index contributed by atoms with van der Waals surface area (Å²) in [6.07, 6.45) is 1.32. The van der Waals surface area contributed by atoms with Crippen LogP contribution in [0.2, 0.25) is 0 Å². The number of aliphatic hydroxyl groups is 1. The van der Waals surface area contributed by atoms with Gasteiger partial charge in [-0.05, 0) is 25.2 Å². The zero-order valence-electron chi connectivity index (χ0n) is 11.1. The van der Waals surface area contributed by atoms with E-state index in [4.69, 9.17) is 10.8 Å². The Kier molecular flexibility index (Phi) is 5.42. The van der Waals surface area contributed by atoms with Crippen molar-refractivity contribution in [3.63, 3.8) is 0 Å². The van der Waals surface area contributed by atoms with Crippen LogP contribution >= 0.6 is 0 Å². The summed E-state index contributed by atoms with van der Waals surface area (Å²) in [5.74, 6) is -0.148. The molecule has 0 bridgehead atoms.